The van der Waals surface area contributed by atoms with Crippen molar-refractivity contribution in [1.82, 2.24) is 0 Å². The second-order valence-electron chi connectivity index (χ2n) is 4.20. The summed E-state index contributed by atoms with van der Waals surface area (Å²) in [6, 6.07) is 5.87. The van der Waals surface area contributed by atoms with Crippen molar-refractivity contribution >= 4 is 11.6 Å². The first-order valence-corrected chi connectivity index (χ1v) is 5.80. The van der Waals surface area contributed by atoms with E-state index in [-0.39, 0.29) is 17.4 Å². The molecule has 2 rings (SSSR count). The minimum absolute atomic E-state index is 0.0450. The molecule has 21 heavy (non-hydrogen) atoms. The Morgan fingerprint density at radius 1 is 1.05 bits per heavy atom. The lowest BCUT2D eigenvalue weighted by atomic mass is 10.1. The fourth-order valence-electron chi connectivity index (χ4n) is 1.70. The molecule has 0 aliphatic heterocycles. The SMILES string of the molecule is O=C(Cc1ccccc1O)Nc1c(F)c(F)cc(F)c1F. The number of hydrogen-bond donors (Lipinski definition) is 2. The topological polar surface area (TPSA) is 49.3 Å². The molecule has 0 atom stereocenters. The van der Waals surface area contributed by atoms with Crippen LogP contribution in [0, 0.1) is 23.3 Å². The van der Waals surface area contributed by atoms with Crippen molar-refractivity contribution in [3.63, 3.8) is 0 Å². The van der Waals surface area contributed by atoms with Gasteiger partial charge in [-0.2, -0.15) is 0 Å². The van der Waals surface area contributed by atoms with Crippen molar-refractivity contribution < 1.29 is 27.5 Å². The molecular formula is C14H9F4NO2. The standard InChI is InChI=1S/C14H9F4NO2/c15-8-6-9(16)13(18)14(12(8)17)19-11(21)5-7-3-1-2-4-10(7)20/h1-4,6,20H,5H2,(H,19,21). The molecule has 0 aliphatic rings. The summed E-state index contributed by atoms with van der Waals surface area (Å²) in [6.45, 7) is 0. The summed E-state index contributed by atoms with van der Waals surface area (Å²) >= 11 is 0. The van der Waals surface area contributed by atoms with E-state index in [2.05, 4.69) is 0 Å². The summed E-state index contributed by atoms with van der Waals surface area (Å²) in [5.41, 5.74) is -0.999. The van der Waals surface area contributed by atoms with Crippen molar-refractivity contribution in [2.75, 3.05) is 5.32 Å². The average Bonchev–Trinajstić information content (AvgIpc) is 2.44. The lowest BCUT2D eigenvalue weighted by Crippen LogP contribution is -2.17. The first-order valence-electron chi connectivity index (χ1n) is 5.80. The van der Waals surface area contributed by atoms with Crippen molar-refractivity contribution in [2.24, 2.45) is 0 Å². The Labute approximate surface area is 116 Å². The van der Waals surface area contributed by atoms with Crippen LogP contribution in [0.5, 0.6) is 5.75 Å². The zero-order valence-electron chi connectivity index (χ0n) is 10.5. The molecule has 7 heteroatoms. The molecule has 0 fully saturated rings. The summed E-state index contributed by atoms with van der Waals surface area (Å²) in [5.74, 6) is -7.74. The molecule has 0 radical (unpaired) electrons. The number of carbonyl (C=O) groups excluding carboxylic acids is 1. The molecule has 3 nitrogen and oxygen atoms in total. The number of halogens is 4. The first kappa shape index (κ1) is 14.8. The monoisotopic (exact) mass is 299 g/mol. The van der Waals surface area contributed by atoms with Gasteiger partial charge < -0.3 is 10.4 Å². The van der Waals surface area contributed by atoms with Crippen molar-refractivity contribution in [3.8, 4) is 5.75 Å². The third-order valence-corrected chi connectivity index (χ3v) is 2.72. The summed E-state index contributed by atoms with van der Waals surface area (Å²) in [5, 5.41) is 11.2. The van der Waals surface area contributed by atoms with E-state index in [9.17, 15) is 27.5 Å². The van der Waals surface area contributed by atoms with E-state index < -0.39 is 41.3 Å². The summed E-state index contributed by atoms with van der Waals surface area (Å²) < 4.78 is 52.7. The molecule has 2 N–H and O–H groups in total. The number of phenols is 1. The van der Waals surface area contributed by atoms with E-state index in [0.717, 1.165) is 0 Å². The van der Waals surface area contributed by atoms with Crippen molar-refractivity contribution in [1.29, 1.82) is 0 Å². The van der Waals surface area contributed by atoms with Crippen LogP contribution >= 0.6 is 0 Å². The van der Waals surface area contributed by atoms with E-state index in [0.29, 0.717) is 0 Å². The van der Waals surface area contributed by atoms with Gasteiger partial charge in [-0.25, -0.2) is 17.6 Å². The normalized spacial score (nSPS) is 10.5. The Bertz CT molecular complexity index is 677. The van der Waals surface area contributed by atoms with Gasteiger partial charge in [-0.3, -0.25) is 4.79 Å². The highest BCUT2D eigenvalue weighted by Gasteiger charge is 2.21. The number of anilines is 1. The molecule has 110 valence electrons. The van der Waals surface area contributed by atoms with E-state index in [1.165, 1.54) is 18.2 Å². The number of amides is 1. The lowest BCUT2D eigenvalue weighted by Gasteiger charge is -2.09. The van der Waals surface area contributed by atoms with Gasteiger partial charge in [0.25, 0.3) is 0 Å². The predicted octanol–water partition coefficient (Wildman–Crippen LogP) is 3.13. The van der Waals surface area contributed by atoms with Crippen LogP contribution in [0.3, 0.4) is 0 Å². The minimum atomic E-state index is -1.69. The molecular weight excluding hydrogens is 290 g/mol. The van der Waals surface area contributed by atoms with E-state index >= 15 is 0 Å². The molecule has 0 spiro atoms. The van der Waals surface area contributed by atoms with Crippen LogP contribution in [0.15, 0.2) is 30.3 Å². The number of nitrogens with one attached hydrogen (secondary N) is 1. The highest BCUT2D eigenvalue weighted by molar-refractivity contribution is 5.92. The largest absolute Gasteiger partial charge is 0.508 e. The molecule has 0 aliphatic carbocycles. The maximum Gasteiger partial charge on any atom is 0.229 e. The Hall–Kier alpha value is -2.57. The quantitative estimate of drug-likeness (QED) is 0.676. The highest BCUT2D eigenvalue weighted by Crippen LogP contribution is 2.24. The third kappa shape index (κ3) is 3.13. The van der Waals surface area contributed by atoms with Gasteiger partial charge in [-0.05, 0) is 6.07 Å². The molecule has 0 unspecified atom stereocenters. The zero-order valence-corrected chi connectivity index (χ0v) is 10.5. The van der Waals surface area contributed by atoms with E-state index in [4.69, 9.17) is 0 Å². The Morgan fingerprint density at radius 3 is 2.19 bits per heavy atom. The fourth-order valence-corrected chi connectivity index (χ4v) is 1.70. The fraction of sp³-hybridized carbons (Fsp3) is 0.0714. The molecule has 0 heterocycles. The van der Waals surface area contributed by atoms with Crippen LogP contribution in [0.1, 0.15) is 5.56 Å². The molecule has 1 amide bonds. The number of aromatic hydroxyl groups is 1. The van der Waals surface area contributed by atoms with Crippen LogP contribution in [-0.4, -0.2) is 11.0 Å². The van der Waals surface area contributed by atoms with Crippen LogP contribution in [0.4, 0.5) is 23.2 Å². The van der Waals surface area contributed by atoms with Gasteiger partial charge in [0.2, 0.25) is 5.91 Å². The highest BCUT2D eigenvalue weighted by atomic mass is 19.2. The Kier molecular flexibility index (Phi) is 4.11. The second-order valence-corrected chi connectivity index (χ2v) is 4.20. The number of para-hydroxylation sites is 1. The lowest BCUT2D eigenvalue weighted by molar-refractivity contribution is -0.115. The van der Waals surface area contributed by atoms with Gasteiger partial charge >= 0.3 is 0 Å². The minimum Gasteiger partial charge on any atom is -0.508 e. The van der Waals surface area contributed by atoms with Gasteiger partial charge in [0.05, 0.1) is 6.42 Å². The summed E-state index contributed by atoms with van der Waals surface area (Å²) in [6.07, 6.45) is -0.413. The molecule has 0 bridgehead atoms. The van der Waals surface area contributed by atoms with Crippen LogP contribution < -0.4 is 5.32 Å². The van der Waals surface area contributed by atoms with Crippen molar-refractivity contribution in [3.05, 3.63) is 59.2 Å². The Balaban J connectivity index is 2.23. The molecule has 0 aromatic heterocycles. The number of rotatable bonds is 3. The van der Waals surface area contributed by atoms with Crippen LogP contribution in [0.25, 0.3) is 0 Å². The first-order chi connectivity index (χ1) is 9.90. The molecule has 2 aromatic carbocycles. The van der Waals surface area contributed by atoms with Gasteiger partial charge in [-0.1, -0.05) is 18.2 Å². The molecule has 2 aromatic rings. The van der Waals surface area contributed by atoms with Gasteiger partial charge in [0.15, 0.2) is 23.3 Å². The van der Waals surface area contributed by atoms with E-state index in [1.54, 1.807) is 11.4 Å². The summed E-state index contributed by atoms with van der Waals surface area (Å²) in [7, 11) is 0. The number of carbonyl (C=O) groups is 1. The maximum atomic E-state index is 13.4. The van der Waals surface area contributed by atoms with Crippen LogP contribution in [-0.2, 0) is 11.2 Å². The van der Waals surface area contributed by atoms with Gasteiger partial charge in [0, 0.05) is 11.6 Å². The number of benzene rings is 2. The van der Waals surface area contributed by atoms with Gasteiger partial charge in [-0.15, -0.1) is 0 Å². The van der Waals surface area contributed by atoms with Crippen molar-refractivity contribution in [2.45, 2.75) is 6.42 Å². The second kappa shape index (κ2) is 5.82. The van der Waals surface area contributed by atoms with Crippen LogP contribution in [0.2, 0.25) is 0 Å². The van der Waals surface area contributed by atoms with Gasteiger partial charge in [0.1, 0.15) is 11.4 Å². The predicted molar refractivity (Wildman–Crippen MR) is 66.7 cm³/mol. The smallest absolute Gasteiger partial charge is 0.229 e. The number of hydrogen-bond acceptors (Lipinski definition) is 2. The number of phenolic OH excluding ortho intramolecular Hbond substituents is 1. The summed E-state index contributed by atoms with van der Waals surface area (Å²) in [4.78, 5) is 11.7. The van der Waals surface area contributed by atoms with E-state index in [1.807, 2.05) is 0 Å². The third-order valence-electron chi connectivity index (χ3n) is 2.72. The maximum absolute atomic E-state index is 13.4. The molecule has 0 saturated carbocycles. The average molecular weight is 299 g/mol. The Morgan fingerprint density at radius 2 is 1.62 bits per heavy atom. The zero-order chi connectivity index (χ0) is 15.6. The molecule has 0 saturated heterocycles.